The molecule has 4 rings (SSSR count). The topological polar surface area (TPSA) is 90.9 Å². The molecule has 1 aliphatic rings. The molecule has 7 nitrogen and oxygen atoms in total. The highest BCUT2D eigenvalue weighted by molar-refractivity contribution is 7.99. The molecule has 0 radical (unpaired) electrons. The number of nitro groups is 1. The van der Waals surface area contributed by atoms with Gasteiger partial charge >= 0.3 is 0 Å². The lowest BCUT2D eigenvalue weighted by atomic mass is 10.1. The Bertz CT molecular complexity index is 1060. The van der Waals surface area contributed by atoms with Crippen molar-refractivity contribution in [3.05, 3.63) is 81.2 Å². The van der Waals surface area contributed by atoms with Crippen molar-refractivity contribution >= 4 is 23.2 Å². The molecule has 1 aromatic heterocycles. The minimum absolute atomic E-state index is 0.0379. The summed E-state index contributed by atoms with van der Waals surface area (Å²) < 4.78 is 2.09. The first-order valence-electron chi connectivity index (χ1n) is 9.41. The molecule has 1 saturated carbocycles. The molecule has 0 amide bonds. The van der Waals surface area contributed by atoms with E-state index >= 15 is 0 Å². The summed E-state index contributed by atoms with van der Waals surface area (Å²) in [6.45, 7) is 2.32. The van der Waals surface area contributed by atoms with Crippen molar-refractivity contribution in [2.75, 3.05) is 5.75 Å². The van der Waals surface area contributed by atoms with Gasteiger partial charge < -0.3 is 4.57 Å². The van der Waals surface area contributed by atoms with Crippen LogP contribution in [0, 0.1) is 17.0 Å². The number of Topliss-reactive ketones (excluding diaryl/α,β-unsaturated/α-hetero) is 1. The SMILES string of the molecule is Cc1ccc(C(=O)CSc2nnc(C3CC3)n2Cc2ccccc2)cc1[N+](=O)[O-]. The lowest BCUT2D eigenvalue weighted by Crippen LogP contribution is -2.08. The average Bonchev–Trinajstić information content (AvgIpc) is 3.49. The number of aromatic nitrogens is 3. The zero-order valence-corrected chi connectivity index (χ0v) is 16.8. The number of carbonyl (C=O) groups excluding carboxylic acids is 1. The highest BCUT2D eigenvalue weighted by atomic mass is 32.2. The van der Waals surface area contributed by atoms with Crippen LogP contribution >= 0.6 is 11.8 Å². The molecular formula is C21H20N4O3S. The van der Waals surface area contributed by atoms with E-state index in [-0.39, 0.29) is 17.2 Å². The van der Waals surface area contributed by atoms with Crippen LogP contribution in [-0.4, -0.2) is 31.2 Å². The van der Waals surface area contributed by atoms with Crippen LogP contribution in [0.2, 0.25) is 0 Å². The molecular weight excluding hydrogens is 388 g/mol. The number of hydrogen-bond donors (Lipinski definition) is 0. The Morgan fingerprint density at radius 1 is 1.21 bits per heavy atom. The molecule has 0 saturated heterocycles. The van der Waals surface area contributed by atoms with Gasteiger partial charge in [-0.05, 0) is 25.3 Å². The van der Waals surface area contributed by atoms with E-state index < -0.39 is 4.92 Å². The maximum absolute atomic E-state index is 12.6. The Kier molecular flexibility index (Phi) is 5.44. The molecule has 0 bridgehead atoms. The summed E-state index contributed by atoms with van der Waals surface area (Å²) in [7, 11) is 0. The van der Waals surface area contributed by atoms with E-state index in [0.29, 0.717) is 28.7 Å². The Morgan fingerprint density at radius 3 is 2.66 bits per heavy atom. The van der Waals surface area contributed by atoms with Crippen LogP contribution in [0.15, 0.2) is 53.7 Å². The molecule has 29 heavy (non-hydrogen) atoms. The molecule has 2 aromatic carbocycles. The van der Waals surface area contributed by atoms with Crippen molar-refractivity contribution < 1.29 is 9.72 Å². The smallest absolute Gasteiger partial charge is 0.273 e. The van der Waals surface area contributed by atoms with E-state index in [0.717, 1.165) is 24.2 Å². The number of nitro benzene ring substituents is 1. The van der Waals surface area contributed by atoms with Gasteiger partial charge in [0.05, 0.1) is 17.2 Å². The van der Waals surface area contributed by atoms with Crippen LogP contribution < -0.4 is 0 Å². The van der Waals surface area contributed by atoms with Gasteiger partial charge in [-0.3, -0.25) is 14.9 Å². The Morgan fingerprint density at radius 2 is 1.97 bits per heavy atom. The van der Waals surface area contributed by atoms with E-state index in [2.05, 4.69) is 26.9 Å². The van der Waals surface area contributed by atoms with Gasteiger partial charge in [-0.2, -0.15) is 0 Å². The number of aryl methyl sites for hydroxylation is 1. The maximum atomic E-state index is 12.6. The van der Waals surface area contributed by atoms with Gasteiger partial charge in [-0.15, -0.1) is 10.2 Å². The zero-order valence-electron chi connectivity index (χ0n) is 15.9. The summed E-state index contributed by atoms with van der Waals surface area (Å²) in [5.74, 6) is 1.39. The first-order valence-corrected chi connectivity index (χ1v) is 10.4. The van der Waals surface area contributed by atoms with Crippen molar-refractivity contribution in [3.63, 3.8) is 0 Å². The summed E-state index contributed by atoms with van der Waals surface area (Å²) in [6.07, 6.45) is 2.23. The summed E-state index contributed by atoms with van der Waals surface area (Å²) >= 11 is 1.32. The van der Waals surface area contributed by atoms with Gasteiger partial charge in [0.25, 0.3) is 5.69 Å². The number of thioether (sulfide) groups is 1. The summed E-state index contributed by atoms with van der Waals surface area (Å²) in [4.78, 5) is 23.3. The van der Waals surface area contributed by atoms with Crippen molar-refractivity contribution in [1.82, 2.24) is 14.8 Å². The molecule has 148 valence electrons. The number of hydrogen-bond acceptors (Lipinski definition) is 6. The van der Waals surface area contributed by atoms with Gasteiger partial charge in [0.2, 0.25) is 0 Å². The highest BCUT2D eigenvalue weighted by Crippen LogP contribution is 2.40. The van der Waals surface area contributed by atoms with Crippen molar-refractivity contribution in [3.8, 4) is 0 Å². The zero-order chi connectivity index (χ0) is 20.4. The number of ketones is 1. The maximum Gasteiger partial charge on any atom is 0.273 e. The molecule has 8 heteroatoms. The van der Waals surface area contributed by atoms with Crippen LogP contribution in [0.4, 0.5) is 5.69 Å². The molecule has 0 N–H and O–H groups in total. The normalized spacial score (nSPS) is 13.4. The van der Waals surface area contributed by atoms with Crippen LogP contribution in [0.3, 0.4) is 0 Å². The number of benzene rings is 2. The fourth-order valence-corrected chi connectivity index (χ4v) is 4.00. The molecule has 1 heterocycles. The fraction of sp³-hybridized carbons (Fsp3) is 0.286. The van der Waals surface area contributed by atoms with Crippen LogP contribution in [0.1, 0.15) is 46.1 Å². The second-order valence-electron chi connectivity index (χ2n) is 7.16. The number of rotatable bonds is 8. The minimum Gasteiger partial charge on any atom is -0.301 e. The van der Waals surface area contributed by atoms with Gasteiger partial charge in [0.1, 0.15) is 5.82 Å². The predicted molar refractivity (Wildman–Crippen MR) is 110 cm³/mol. The predicted octanol–water partition coefficient (Wildman–Crippen LogP) is 4.40. The molecule has 0 spiro atoms. The molecule has 1 aliphatic carbocycles. The quantitative estimate of drug-likeness (QED) is 0.237. The van der Waals surface area contributed by atoms with E-state index in [1.807, 2.05) is 18.2 Å². The molecule has 0 unspecified atom stereocenters. The Labute approximate surface area is 172 Å². The lowest BCUT2D eigenvalue weighted by molar-refractivity contribution is -0.385. The first-order chi connectivity index (χ1) is 14.0. The average molecular weight is 408 g/mol. The van der Waals surface area contributed by atoms with Crippen molar-refractivity contribution in [1.29, 1.82) is 0 Å². The Hall–Kier alpha value is -3.00. The standard InChI is InChI=1S/C21H20N4O3S/c1-14-7-8-17(11-18(14)25(27)28)19(26)13-29-21-23-22-20(16-9-10-16)24(21)12-15-5-3-2-4-6-15/h2-8,11,16H,9-10,12-13H2,1H3. The van der Waals surface area contributed by atoms with Crippen LogP contribution in [-0.2, 0) is 6.54 Å². The van der Waals surface area contributed by atoms with Crippen molar-refractivity contribution in [2.45, 2.75) is 37.4 Å². The van der Waals surface area contributed by atoms with E-state index in [9.17, 15) is 14.9 Å². The fourth-order valence-electron chi connectivity index (χ4n) is 3.16. The summed E-state index contributed by atoms with van der Waals surface area (Å²) in [5, 5.41) is 20.5. The Balaban J connectivity index is 1.52. The lowest BCUT2D eigenvalue weighted by Gasteiger charge is -2.10. The van der Waals surface area contributed by atoms with Gasteiger partial charge in [-0.1, -0.05) is 54.2 Å². The first kappa shape index (κ1) is 19.3. The third kappa shape index (κ3) is 4.37. The molecule has 3 aromatic rings. The molecule has 1 fully saturated rings. The largest absolute Gasteiger partial charge is 0.301 e. The monoisotopic (exact) mass is 408 g/mol. The van der Waals surface area contributed by atoms with Crippen LogP contribution in [0.25, 0.3) is 0 Å². The number of nitrogens with zero attached hydrogens (tertiary/aromatic N) is 4. The van der Waals surface area contributed by atoms with E-state index in [1.54, 1.807) is 19.1 Å². The third-order valence-electron chi connectivity index (χ3n) is 4.93. The third-order valence-corrected chi connectivity index (χ3v) is 5.90. The van der Waals surface area contributed by atoms with Crippen molar-refractivity contribution in [2.24, 2.45) is 0 Å². The highest BCUT2D eigenvalue weighted by Gasteiger charge is 2.30. The molecule has 0 aliphatic heterocycles. The second-order valence-corrected chi connectivity index (χ2v) is 8.10. The number of carbonyl (C=O) groups is 1. The second kappa shape index (κ2) is 8.16. The van der Waals surface area contributed by atoms with Gasteiger partial charge in [0.15, 0.2) is 10.9 Å². The van der Waals surface area contributed by atoms with E-state index in [4.69, 9.17) is 0 Å². The van der Waals surface area contributed by atoms with Crippen LogP contribution in [0.5, 0.6) is 0 Å². The molecule has 0 atom stereocenters. The van der Waals surface area contributed by atoms with E-state index in [1.165, 1.54) is 17.8 Å². The summed E-state index contributed by atoms with van der Waals surface area (Å²) in [5.41, 5.74) is 1.99. The minimum atomic E-state index is -0.461. The van der Waals surface area contributed by atoms with Gasteiger partial charge in [-0.25, -0.2) is 0 Å². The summed E-state index contributed by atoms with van der Waals surface area (Å²) in [6, 6.07) is 14.7. The van der Waals surface area contributed by atoms with Gasteiger partial charge in [0, 0.05) is 23.1 Å².